The van der Waals surface area contributed by atoms with E-state index in [1.165, 1.54) is 18.4 Å². The fourth-order valence-electron chi connectivity index (χ4n) is 4.75. The van der Waals surface area contributed by atoms with Crippen molar-refractivity contribution < 1.29 is 9.53 Å². The number of nitrogens with one attached hydrogen (secondary N) is 2. The number of carbonyl (C=O) groups excluding carboxylic acids is 1. The molecule has 2 aliphatic rings. The summed E-state index contributed by atoms with van der Waals surface area (Å²) in [5, 5.41) is 10.3. The van der Waals surface area contributed by atoms with E-state index in [0.717, 1.165) is 30.7 Å². The number of ether oxygens (including phenoxy) is 1. The van der Waals surface area contributed by atoms with Gasteiger partial charge in [-0.1, -0.05) is 43.2 Å². The highest BCUT2D eigenvalue weighted by Crippen LogP contribution is 2.72. The number of H-pyrrole nitrogens is 1. The predicted molar refractivity (Wildman–Crippen MR) is 94.8 cm³/mol. The van der Waals surface area contributed by atoms with Crippen LogP contribution in [0.4, 0.5) is 0 Å². The lowest BCUT2D eigenvalue weighted by Gasteiger charge is -2.22. The quantitative estimate of drug-likeness (QED) is 0.850. The van der Waals surface area contributed by atoms with Gasteiger partial charge in [0.2, 0.25) is 5.91 Å². The van der Waals surface area contributed by atoms with Crippen LogP contribution in [-0.2, 0) is 28.1 Å². The molecule has 2 aliphatic carbocycles. The minimum atomic E-state index is -0.347. The SMILES string of the molecule is COCc1cc(CNC(=O)C2(c3ccccc3)CC23CCCC3)[nH]n1. The summed E-state index contributed by atoms with van der Waals surface area (Å²) < 4.78 is 5.08. The molecule has 1 unspecified atom stereocenters. The van der Waals surface area contributed by atoms with E-state index < -0.39 is 0 Å². The molecule has 0 bridgehead atoms. The van der Waals surface area contributed by atoms with Crippen LogP contribution in [0.25, 0.3) is 0 Å². The normalized spacial score (nSPS) is 23.7. The molecule has 1 aromatic heterocycles. The number of rotatable bonds is 6. The van der Waals surface area contributed by atoms with Crippen molar-refractivity contribution in [2.45, 2.75) is 50.7 Å². The number of methoxy groups -OCH3 is 1. The number of benzene rings is 1. The van der Waals surface area contributed by atoms with Crippen LogP contribution < -0.4 is 5.32 Å². The molecule has 5 heteroatoms. The van der Waals surface area contributed by atoms with Crippen molar-refractivity contribution in [2.75, 3.05) is 7.11 Å². The average molecular weight is 339 g/mol. The van der Waals surface area contributed by atoms with E-state index in [1.807, 2.05) is 24.3 Å². The molecule has 25 heavy (non-hydrogen) atoms. The monoisotopic (exact) mass is 339 g/mol. The molecule has 1 amide bonds. The first kappa shape index (κ1) is 16.3. The van der Waals surface area contributed by atoms with Gasteiger partial charge in [0.1, 0.15) is 0 Å². The molecule has 2 N–H and O–H groups in total. The van der Waals surface area contributed by atoms with Gasteiger partial charge in [0, 0.05) is 7.11 Å². The summed E-state index contributed by atoms with van der Waals surface area (Å²) in [4.78, 5) is 13.2. The number of hydrogen-bond acceptors (Lipinski definition) is 3. The molecule has 0 radical (unpaired) electrons. The van der Waals surface area contributed by atoms with Crippen LogP contribution in [-0.4, -0.2) is 23.2 Å². The van der Waals surface area contributed by atoms with Crippen LogP contribution in [0.3, 0.4) is 0 Å². The molecule has 1 heterocycles. The lowest BCUT2D eigenvalue weighted by molar-refractivity contribution is -0.124. The molecule has 132 valence electrons. The van der Waals surface area contributed by atoms with E-state index in [9.17, 15) is 4.79 Å². The van der Waals surface area contributed by atoms with Crippen molar-refractivity contribution in [2.24, 2.45) is 5.41 Å². The molecule has 0 saturated heterocycles. The first-order valence-electron chi connectivity index (χ1n) is 9.06. The Morgan fingerprint density at radius 1 is 1.28 bits per heavy atom. The molecular formula is C20H25N3O2. The fraction of sp³-hybridized carbons (Fsp3) is 0.500. The summed E-state index contributed by atoms with van der Waals surface area (Å²) in [5.41, 5.74) is 2.75. The minimum Gasteiger partial charge on any atom is -0.378 e. The number of carbonyl (C=O) groups is 1. The number of nitrogens with zero attached hydrogens (tertiary/aromatic N) is 1. The second-order valence-corrected chi connectivity index (χ2v) is 7.44. The second-order valence-electron chi connectivity index (χ2n) is 7.44. The summed E-state index contributed by atoms with van der Waals surface area (Å²) in [6.45, 7) is 0.946. The van der Waals surface area contributed by atoms with Crippen LogP contribution in [0.1, 0.15) is 49.1 Å². The van der Waals surface area contributed by atoms with Gasteiger partial charge >= 0.3 is 0 Å². The van der Waals surface area contributed by atoms with Gasteiger partial charge < -0.3 is 10.1 Å². The van der Waals surface area contributed by atoms with Crippen LogP contribution in [0.5, 0.6) is 0 Å². The fourth-order valence-corrected chi connectivity index (χ4v) is 4.75. The van der Waals surface area contributed by atoms with Crippen molar-refractivity contribution in [3.05, 3.63) is 53.3 Å². The highest BCUT2D eigenvalue weighted by Gasteiger charge is 2.72. The molecule has 4 rings (SSSR count). The van der Waals surface area contributed by atoms with Gasteiger partial charge in [-0.3, -0.25) is 9.89 Å². The predicted octanol–water partition coefficient (Wildman–Crippen LogP) is 3.07. The highest BCUT2D eigenvalue weighted by atomic mass is 16.5. The summed E-state index contributed by atoms with van der Waals surface area (Å²) in [6.07, 6.45) is 5.79. The first-order chi connectivity index (χ1) is 12.2. The Labute approximate surface area is 148 Å². The van der Waals surface area contributed by atoms with Crippen LogP contribution in [0.15, 0.2) is 36.4 Å². The molecule has 1 aromatic carbocycles. The van der Waals surface area contributed by atoms with E-state index in [-0.39, 0.29) is 16.7 Å². The number of amides is 1. The van der Waals surface area contributed by atoms with E-state index in [1.54, 1.807) is 7.11 Å². The third kappa shape index (κ3) is 2.67. The molecule has 1 atom stereocenters. The number of aromatic amines is 1. The van der Waals surface area contributed by atoms with Crippen molar-refractivity contribution in [1.82, 2.24) is 15.5 Å². The standard InChI is InChI=1S/C20H25N3O2/c1-25-13-17-11-16(22-23-17)12-21-18(24)20(15-7-3-2-4-8-15)14-19(20)9-5-6-10-19/h2-4,7-8,11H,5-6,9-10,12-14H2,1H3,(H,21,24)(H,22,23). The van der Waals surface area contributed by atoms with Crippen molar-refractivity contribution >= 4 is 5.91 Å². The topological polar surface area (TPSA) is 67.0 Å². The summed E-state index contributed by atoms with van der Waals surface area (Å²) in [7, 11) is 1.65. The number of hydrogen-bond donors (Lipinski definition) is 2. The highest BCUT2D eigenvalue weighted by molar-refractivity contribution is 5.93. The Morgan fingerprint density at radius 3 is 2.76 bits per heavy atom. The Morgan fingerprint density at radius 2 is 2.04 bits per heavy atom. The second kappa shape index (κ2) is 6.30. The molecular weight excluding hydrogens is 314 g/mol. The lowest BCUT2D eigenvalue weighted by Crippen LogP contribution is -2.38. The molecule has 1 spiro atoms. The smallest absolute Gasteiger partial charge is 0.231 e. The van der Waals surface area contributed by atoms with Gasteiger partial charge in [0.05, 0.1) is 30.0 Å². The third-order valence-electron chi connectivity index (χ3n) is 6.01. The van der Waals surface area contributed by atoms with Crippen LogP contribution in [0.2, 0.25) is 0 Å². The summed E-state index contributed by atoms with van der Waals surface area (Å²) in [6, 6.07) is 12.3. The van der Waals surface area contributed by atoms with Gasteiger partial charge in [-0.05, 0) is 36.3 Å². The van der Waals surface area contributed by atoms with Crippen molar-refractivity contribution in [1.29, 1.82) is 0 Å². The van der Waals surface area contributed by atoms with Gasteiger partial charge in [0.25, 0.3) is 0 Å². The first-order valence-corrected chi connectivity index (χ1v) is 9.06. The van der Waals surface area contributed by atoms with Gasteiger partial charge in [-0.25, -0.2) is 0 Å². The zero-order valence-corrected chi connectivity index (χ0v) is 14.7. The van der Waals surface area contributed by atoms with Gasteiger partial charge in [-0.2, -0.15) is 5.10 Å². The van der Waals surface area contributed by atoms with E-state index in [2.05, 4.69) is 27.6 Å². The Balaban J connectivity index is 1.51. The zero-order valence-electron chi connectivity index (χ0n) is 14.7. The summed E-state index contributed by atoms with van der Waals surface area (Å²) >= 11 is 0. The molecule has 2 saturated carbocycles. The average Bonchev–Trinajstić information content (AvgIpc) is 2.94. The van der Waals surface area contributed by atoms with Crippen LogP contribution in [0, 0.1) is 5.41 Å². The maximum Gasteiger partial charge on any atom is 0.231 e. The van der Waals surface area contributed by atoms with Crippen molar-refractivity contribution in [3.63, 3.8) is 0 Å². The third-order valence-corrected chi connectivity index (χ3v) is 6.01. The molecule has 5 nitrogen and oxygen atoms in total. The van der Waals surface area contributed by atoms with E-state index >= 15 is 0 Å². The van der Waals surface area contributed by atoms with Gasteiger partial charge in [0.15, 0.2) is 0 Å². The number of aromatic nitrogens is 2. The molecule has 2 aromatic rings. The van der Waals surface area contributed by atoms with E-state index in [0.29, 0.717) is 13.2 Å². The van der Waals surface area contributed by atoms with Gasteiger partial charge in [-0.15, -0.1) is 0 Å². The molecule has 0 aliphatic heterocycles. The van der Waals surface area contributed by atoms with E-state index in [4.69, 9.17) is 4.74 Å². The minimum absolute atomic E-state index is 0.156. The lowest BCUT2D eigenvalue weighted by atomic mass is 9.84. The summed E-state index contributed by atoms with van der Waals surface area (Å²) in [5.74, 6) is 0.156. The Kier molecular flexibility index (Phi) is 4.12. The van der Waals surface area contributed by atoms with Crippen LogP contribution >= 0.6 is 0 Å². The maximum atomic E-state index is 13.2. The largest absolute Gasteiger partial charge is 0.378 e. The molecule has 2 fully saturated rings. The zero-order chi connectivity index (χ0) is 17.3. The van der Waals surface area contributed by atoms with Crippen molar-refractivity contribution in [3.8, 4) is 0 Å². The Hall–Kier alpha value is -2.14. The Bertz CT molecular complexity index is 749. The maximum absolute atomic E-state index is 13.2.